The second kappa shape index (κ2) is 9.82. The molecule has 29 heavy (non-hydrogen) atoms. The van der Waals surface area contributed by atoms with Crippen molar-refractivity contribution in [3.8, 4) is 0 Å². The van der Waals surface area contributed by atoms with Gasteiger partial charge in [-0.25, -0.2) is 0 Å². The molecule has 0 saturated heterocycles. The first-order valence-corrected chi connectivity index (χ1v) is 10.4. The van der Waals surface area contributed by atoms with Crippen LogP contribution in [0.3, 0.4) is 0 Å². The van der Waals surface area contributed by atoms with E-state index < -0.39 is 0 Å². The molecule has 0 aliphatic heterocycles. The van der Waals surface area contributed by atoms with Crippen molar-refractivity contribution in [3.05, 3.63) is 35.6 Å². The average molecular weight is 510 g/mol. The maximum Gasteiger partial charge on any atom is 0.223 e. The predicted molar refractivity (Wildman–Crippen MR) is 127 cm³/mol. The summed E-state index contributed by atoms with van der Waals surface area (Å²) in [6, 6.07) is 8.80. The number of amides is 1. The highest BCUT2D eigenvalue weighted by Crippen LogP contribution is 2.27. The van der Waals surface area contributed by atoms with Crippen molar-refractivity contribution in [2.45, 2.75) is 64.1 Å². The molecule has 158 valence electrons. The standard InChI is InChI=1S/C22H30N4O2.HI/c1-14-18-8-3-4-9-19(18)28-20(14)13-24-22(23-2)26-17-7-5-6-15(12-17)21(27)25-16-10-11-16;/h3-4,8-9,15-17H,5-7,10-13H2,1-2H3,(H,25,27)(H2,23,24,26);1H. The molecule has 2 saturated carbocycles. The van der Waals surface area contributed by atoms with E-state index in [9.17, 15) is 4.79 Å². The number of hydrogen-bond donors (Lipinski definition) is 3. The first-order valence-electron chi connectivity index (χ1n) is 10.4. The summed E-state index contributed by atoms with van der Waals surface area (Å²) in [6.45, 7) is 2.67. The van der Waals surface area contributed by atoms with Gasteiger partial charge in [0.1, 0.15) is 11.3 Å². The van der Waals surface area contributed by atoms with Crippen LogP contribution in [0.25, 0.3) is 11.0 Å². The van der Waals surface area contributed by atoms with Gasteiger partial charge in [0.05, 0.1) is 6.54 Å². The third-order valence-electron chi connectivity index (χ3n) is 5.89. The molecule has 7 heteroatoms. The van der Waals surface area contributed by atoms with Gasteiger partial charge >= 0.3 is 0 Å². The number of carbonyl (C=O) groups is 1. The molecule has 2 aromatic rings. The number of aliphatic imine (C=N–C) groups is 1. The molecule has 2 fully saturated rings. The maximum atomic E-state index is 12.4. The number of rotatable bonds is 5. The zero-order valence-corrected chi connectivity index (χ0v) is 19.5. The second-order valence-electron chi connectivity index (χ2n) is 8.06. The minimum Gasteiger partial charge on any atom is -0.459 e. The van der Waals surface area contributed by atoms with Gasteiger partial charge in [-0.05, 0) is 45.1 Å². The van der Waals surface area contributed by atoms with E-state index in [-0.39, 0.29) is 41.8 Å². The van der Waals surface area contributed by atoms with Gasteiger partial charge in [-0.3, -0.25) is 9.79 Å². The Labute approximate surface area is 189 Å². The highest BCUT2D eigenvalue weighted by atomic mass is 127. The van der Waals surface area contributed by atoms with E-state index in [1.54, 1.807) is 7.05 Å². The fraction of sp³-hybridized carbons (Fsp3) is 0.545. The smallest absolute Gasteiger partial charge is 0.223 e. The van der Waals surface area contributed by atoms with Crippen LogP contribution < -0.4 is 16.0 Å². The zero-order chi connectivity index (χ0) is 19.5. The van der Waals surface area contributed by atoms with Crippen molar-refractivity contribution in [1.82, 2.24) is 16.0 Å². The Hall–Kier alpha value is -1.77. The Balaban J connectivity index is 0.00000240. The number of hydrogen-bond acceptors (Lipinski definition) is 3. The highest BCUT2D eigenvalue weighted by molar-refractivity contribution is 14.0. The van der Waals surface area contributed by atoms with Crippen molar-refractivity contribution in [2.75, 3.05) is 7.05 Å². The van der Waals surface area contributed by atoms with Gasteiger partial charge in [0.15, 0.2) is 5.96 Å². The third-order valence-corrected chi connectivity index (χ3v) is 5.89. The molecule has 0 bridgehead atoms. The Morgan fingerprint density at radius 3 is 2.66 bits per heavy atom. The number of benzene rings is 1. The summed E-state index contributed by atoms with van der Waals surface area (Å²) in [6.07, 6.45) is 6.26. The van der Waals surface area contributed by atoms with Gasteiger partial charge in [0.2, 0.25) is 5.91 Å². The number of furan rings is 1. The molecule has 2 aliphatic carbocycles. The van der Waals surface area contributed by atoms with Gasteiger partial charge in [0.25, 0.3) is 0 Å². The van der Waals surface area contributed by atoms with Crippen molar-refractivity contribution >= 4 is 46.8 Å². The van der Waals surface area contributed by atoms with Crippen LogP contribution in [0.4, 0.5) is 0 Å². The van der Waals surface area contributed by atoms with E-state index in [4.69, 9.17) is 4.42 Å². The largest absolute Gasteiger partial charge is 0.459 e. The van der Waals surface area contributed by atoms with E-state index in [2.05, 4.69) is 33.9 Å². The topological polar surface area (TPSA) is 78.7 Å². The molecule has 1 aromatic heterocycles. The van der Waals surface area contributed by atoms with Crippen LogP contribution in [0.5, 0.6) is 0 Å². The summed E-state index contributed by atoms with van der Waals surface area (Å²) in [5.74, 6) is 2.03. The van der Waals surface area contributed by atoms with Crippen molar-refractivity contribution < 1.29 is 9.21 Å². The molecule has 3 N–H and O–H groups in total. The number of nitrogens with one attached hydrogen (secondary N) is 3. The lowest BCUT2D eigenvalue weighted by Gasteiger charge is -2.30. The number of aryl methyl sites for hydroxylation is 1. The average Bonchev–Trinajstić information content (AvgIpc) is 3.48. The van der Waals surface area contributed by atoms with Crippen molar-refractivity contribution in [1.29, 1.82) is 0 Å². The van der Waals surface area contributed by atoms with Gasteiger partial charge in [-0.2, -0.15) is 0 Å². The fourth-order valence-electron chi connectivity index (χ4n) is 4.05. The number of para-hydroxylation sites is 1. The van der Waals surface area contributed by atoms with Crippen LogP contribution in [-0.2, 0) is 11.3 Å². The van der Waals surface area contributed by atoms with Gasteiger partial charge in [-0.15, -0.1) is 24.0 Å². The Morgan fingerprint density at radius 1 is 1.14 bits per heavy atom. The summed E-state index contributed by atoms with van der Waals surface area (Å²) in [5.41, 5.74) is 2.07. The lowest BCUT2D eigenvalue weighted by molar-refractivity contribution is -0.126. The summed E-state index contributed by atoms with van der Waals surface area (Å²) in [5, 5.41) is 11.2. The Kier molecular flexibility index (Phi) is 7.43. The minimum absolute atomic E-state index is 0. The Morgan fingerprint density at radius 2 is 1.93 bits per heavy atom. The van der Waals surface area contributed by atoms with Crippen LogP contribution in [0, 0.1) is 12.8 Å². The van der Waals surface area contributed by atoms with Crippen LogP contribution >= 0.6 is 24.0 Å². The number of halogens is 1. The molecule has 0 radical (unpaired) electrons. The normalized spacial score (nSPS) is 22.1. The van der Waals surface area contributed by atoms with E-state index in [1.807, 2.05) is 18.2 Å². The van der Waals surface area contributed by atoms with Crippen molar-refractivity contribution in [2.24, 2.45) is 10.9 Å². The molecule has 1 aromatic carbocycles. The lowest BCUT2D eigenvalue weighted by atomic mass is 9.85. The van der Waals surface area contributed by atoms with Gasteiger partial charge < -0.3 is 20.4 Å². The van der Waals surface area contributed by atoms with Gasteiger partial charge in [-0.1, -0.05) is 24.6 Å². The second-order valence-corrected chi connectivity index (χ2v) is 8.06. The zero-order valence-electron chi connectivity index (χ0n) is 17.2. The monoisotopic (exact) mass is 510 g/mol. The molecule has 1 amide bonds. The number of guanidine groups is 1. The van der Waals surface area contributed by atoms with Crippen LogP contribution in [0.1, 0.15) is 49.8 Å². The third kappa shape index (κ3) is 5.43. The molecular formula is C22H31IN4O2. The summed E-state index contributed by atoms with van der Waals surface area (Å²) < 4.78 is 5.98. The van der Waals surface area contributed by atoms with E-state index in [1.165, 1.54) is 0 Å². The molecule has 4 rings (SSSR count). The quantitative estimate of drug-likeness (QED) is 0.325. The molecular weight excluding hydrogens is 479 g/mol. The van der Waals surface area contributed by atoms with E-state index >= 15 is 0 Å². The molecule has 2 unspecified atom stereocenters. The van der Waals surface area contributed by atoms with Crippen molar-refractivity contribution in [3.63, 3.8) is 0 Å². The van der Waals surface area contributed by atoms with Crippen LogP contribution in [0.15, 0.2) is 33.7 Å². The summed E-state index contributed by atoms with van der Waals surface area (Å²) in [4.78, 5) is 16.7. The lowest BCUT2D eigenvalue weighted by Crippen LogP contribution is -2.47. The SMILES string of the molecule is CN=C(NCc1oc2ccccc2c1C)NC1CCCC(C(=O)NC2CC2)C1.I. The minimum atomic E-state index is 0. The molecule has 6 nitrogen and oxygen atoms in total. The predicted octanol–water partition coefficient (Wildman–Crippen LogP) is 3.86. The molecule has 2 aliphatic rings. The molecule has 2 atom stereocenters. The van der Waals surface area contributed by atoms with E-state index in [0.717, 1.165) is 66.8 Å². The number of carbonyl (C=O) groups excluding carboxylic acids is 1. The van der Waals surface area contributed by atoms with Crippen LogP contribution in [-0.4, -0.2) is 31.0 Å². The van der Waals surface area contributed by atoms with Crippen LogP contribution in [0.2, 0.25) is 0 Å². The molecule has 0 spiro atoms. The maximum absolute atomic E-state index is 12.4. The molecule has 1 heterocycles. The first kappa shape index (κ1) is 21.9. The highest BCUT2D eigenvalue weighted by Gasteiger charge is 2.31. The summed E-state index contributed by atoms with van der Waals surface area (Å²) in [7, 11) is 1.78. The first-order chi connectivity index (χ1) is 13.6. The van der Waals surface area contributed by atoms with Gasteiger partial charge in [0, 0.05) is 36.0 Å². The summed E-state index contributed by atoms with van der Waals surface area (Å²) >= 11 is 0. The fourth-order valence-corrected chi connectivity index (χ4v) is 4.05. The number of fused-ring (bicyclic) bond motifs is 1. The Bertz CT molecular complexity index is 875. The number of nitrogens with zero attached hydrogens (tertiary/aromatic N) is 1. The van der Waals surface area contributed by atoms with E-state index in [0.29, 0.717) is 12.6 Å².